The Morgan fingerprint density at radius 3 is 2.32 bits per heavy atom. The highest BCUT2D eigenvalue weighted by Gasteiger charge is 2.28. The normalized spacial score (nSPS) is 17.9. The van der Waals surface area contributed by atoms with Crippen LogP contribution in [0.2, 0.25) is 0 Å². The van der Waals surface area contributed by atoms with E-state index in [4.69, 9.17) is 0 Å². The van der Waals surface area contributed by atoms with Crippen molar-refractivity contribution >= 4 is 20.8 Å². The number of hydrogen-bond donors (Lipinski definition) is 0. The molecule has 0 aliphatic carbocycles. The van der Waals surface area contributed by atoms with Crippen molar-refractivity contribution in [2.24, 2.45) is 0 Å². The van der Waals surface area contributed by atoms with Crippen LogP contribution >= 0.6 is 0 Å². The van der Waals surface area contributed by atoms with Gasteiger partial charge in [-0.1, -0.05) is 37.3 Å². The topological polar surface area (TPSA) is 40.6 Å². The maximum absolute atomic E-state index is 12.8. The lowest BCUT2D eigenvalue weighted by Gasteiger charge is -2.33. The monoisotopic (exact) mass is 318 g/mol. The van der Waals surface area contributed by atoms with Crippen LogP contribution in [0, 0.1) is 0 Å². The molecule has 2 aromatic rings. The Balaban J connectivity index is 1.82. The number of hydrogen-bond acceptors (Lipinski definition) is 3. The largest absolute Gasteiger partial charge is 0.301 e. The molecule has 1 fully saturated rings. The summed E-state index contributed by atoms with van der Waals surface area (Å²) in [5.74, 6) is 0. The summed E-state index contributed by atoms with van der Waals surface area (Å²) >= 11 is 0. The smallest absolute Gasteiger partial charge is 0.243 e. The van der Waals surface area contributed by atoms with E-state index in [0.29, 0.717) is 18.0 Å². The fourth-order valence-electron chi connectivity index (χ4n) is 2.99. The molecule has 0 atom stereocenters. The molecule has 1 saturated heterocycles. The van der Waals surface area contributed by atoms with Gasteiger partial charge in [-0.2, -0.15) is 4.31 Å². The van der Waals surface area contributed by atoms with E-state index in [0.717, 1.165) is 36.8 Å². The van der Waals surface area contributed by atoms with Crippen molar-refractivity contribution in [3.8, 4) is 0 Å². The minimum absolute atomic E-state index is 0.398. The first-order valence-corrected chi connectivity index (χ1v) is 9.26. The summed E-state index contributed by atoms with van der Waals surface area (Å²) in [6.45, 7) is 5.99. The van der Waals surface area contributed by atoms with Gasteiger partial charge in [0.1, 0.15) is 0 Å². The van der Waals surface area contributed by atoms with Crippen molar-refractivity contribution in [1.29, 1.82) is 0 Å². The highest BCUT2D eigenvalue weighted by molar-refractivity contribution is 7.89. The molecule has 0 N–H and O–H groups in total. The molecule has 0 spiro atoms. The van der Waals surface area contributed by atoms with Gasteiger partial charge in [0.05, 0.1) is 4.90 Å². The van der Waals surface area contributed by atoms with Gasteiger partial charge < -0.3 is 4.90 Å². The minimum atomic E-state index is -3.39. The lowest BCUT2D eigenvalue weighted by atomic mass is 10.1. The van der Waals surface area contributed by atoms with Gasteiger partial charge in [-0.15, -0.1) is 0 Å². The van der Waals surface area contributed by atoms with E-state index >= 15 is 0 Å². The first-order valence-electron chi connectivity index (χ1n) is 7.82. The fraction of sp³-hybridized carbons (Fsp3) is 0.412. The molecule has 5 heteroatoms. The molecule has 0 unspecified atom stereocenters. The summed E-state index contributed by atoms with van der Waals surface area (Å²) in [5.41, 5.74) is 0. The quantitative estimate of drug-likeness (QED) is 0.870. The van der Waals surface area contributed by atoms with Gasteiger partial charge >= 0.3 is 0 Å². The molecule has 1 heterocycles. The molecular weight excluding hydrogens is 296 g/mol. The molecule has 0 bridgehead atoms. The zero-order valence-corrected chi connectivity index (χ0v) is 13.7. The van der Waals surface area contributed by atoms with Gasteiger partial charge in [-0.05, 0) is 35.9 Å². The van der Waals surface area contributed by atoms with E-state index in [1.54, 1.807) is 16.4 Å². The van der Waals surface area contributed by atoms with Crippen molar-refractivity contribution in [3.05, 3.63) is 42.5 Å². The molecule has 2 aromatic carbocycles. The maximum atomic E-state index is 12.8. The molecule has 1 aliphatic rings. The molecule has 0 aromatic heterocycles. The van der Waals surface area contributed by atoms with Gasteiger partial charge in [0.2, 0.25) is 10.0 Å². The Morgan fingerprint density at radius 2 is 1.64 bits per heavy atom. The van der Waals surface area contributed by atoms with E-state index in [9.17, 15) is 8.42 Å². The summed E-state index contributed by atoms with van der Waals surface area (Å²) in [6, 6.07) is 13.2. The van der Waals surface area contributed by atoms with Crippen LogP contribution in [0.25, 0.3) is 10.8 Å². The lowest BCUT2D eigenvalue weighted by molar-refractivity contribution is 0.188. The molecule has 4 nitrogen and oxygen atoms in total. The molecule has 22 heavy (non-hydrogen) atoms. The first-order chi connectivity index (χ1) is 10.6. The van der Waals surface area contributed by atoms with Gasteiger partial charge in [0, 0.05) is 26.2 Å². The highest BCUT2D eigenvalue weighted by atomic mass is 32.2. The molecule has 3 rings (SSSR count). The number of sulfonamides is 1. The van der Waals surface area contributed by atoms with Crippen LogP contribution in [0.15, 0.2) is 47.4 Å². The maximum Gasteiger partial charge on any atom is 0.243 e. The summed E-state index contributed by atoms with van der Waals surface area (Å²) in [5, 5.41) is 2.03. The molecule has 0 radical (unpaired) electrons. The lowest BCUT2D eigenvalue weighted by Crippen LogP contribution is -2.48. The third-order valence-electron chi connectivity index (χ3n) is 4.23. The SMILES string of the molecule is CCCN1CCN(S(=O)(=O)c2ccc3ccccc3c2)CC1. The van der Waals surface area contributed by atoms with Crippen molar-refractivity contribution in [3.63, 3.8) is 0 Å². The van der Waals surface area contributed by atoms with Crippen LogP contribution in [0.5, 0.6) is 0 Å². The number of nitrogens with zero attached hydrogens (tertiary/aromatic N) is 2. The number of fused-ring (bicyclic) bond motifs is 1. The van der Waals surface area contributed by atoms with Gasteiger partial charge in [-0.25, -0.2) is 8.42 Å². The van der Waals surface area contributed by atoms with E-state index < -0.39 is 10.0 Å². The Labute approximate surface area is 132 Å². The van der Waals surface area contributed by atoms with Crippen molar-refractivity contribution in [2.75, 3.05) is 32.7 Å². The Hall–Kier alpha value is -1.43. The summed E-state index contributed by atoms with van der Waals surface area (Å²) < 4.78 is 27.2. The molecule has 1 aliphatic heterocycles. The summed E-state index contributed by atoms with van der Waals surface area (Å²) in [7, 11) is -3.39. The van der Waals surface area contributed by atoms with Crippen LogP contribution in [-0.2, 0) is 10.0 Å². The van der Waals surface area contributed by atoms with Crippen molar-refractivity contribution in [2.45, 2.75) is 18.2 Å². The average Bonchev–Trinajstić information content (AvgIpc) is 2.55. The number of piperazine rings is 1. The number of rotatable bonds is 4. The second kappa shape index (κ2) is 6.36. The molecular formula is C17H22N2O2S. The first kappa shape index (κ1) is 15.5. The van der Waals surface area contributed by atoms with E-state index in [1.165, 1.54) is 0 Å². The van der Waals surface area contributed by atoms with E-state index in [1.807, 2.05) is 30.3 Å². The Bertz CT molecular complexity index is 750. The van der Waals surface area contributed by atoms with Crippen LogP contribution in [0.3, 0.4) is 0 Å². The summed E-state index contributed by atoms with van der Waals surface area (Å²) in [4.78, 5) is 2.72. The third kappa shape index (κ3) is 3.02. The van der Waals surface area contributed by atoms with Crippen molar-refractivity contribution < 1.29 is 8.42 Å². The zero-order chi connectivity index (χ0) is 15.6. The zero-order valence-electron chi connectivity index (χ0n) is 12.9. The molecule has 0 amide bonds. The average molecular weight is 318 g/mol. The molecule has 0 saturated carbocycles. The summed E-state index contributed by atoms with van der Waals surface area (Å²) in [6.07, 6.45) is 1.11. The fourth-order valence-corrected chi connectivity index (χ4v) is 4.44. The van der Waals surface area contributed by atoms with Gasteiger partial charge in [0.15, 0.2) is 0 Å². The highest BCUT2D eigenvalue weighted by Crippen LogP contribution is 2.22. The van der Waals surface area contributed by atoms with Crippen LogP contribution in [0.4, 0.5) is 0 Å². The predicted molar refractivity (Wildman–Crippen MR) is 89.4 cm³/mol. The Morgan fingerprint density at radius 1 is 0.955 bits per heavy atom. The predicted octanol–water partition coefficient (Wildman–Crippen LogP) is 2.56. The molecule has 118 valence electrons. The second-order valence-corrected chi connectivity index (χ2v) is 7.69. The van der Waals surface area contributed by atoms with Crippen LogP contribution in [-0.4, -0.2) is 50.3 Å². The standard InChI is InChI=1S/C17H22N2O2S/c1-2-9-18-10-12-19(13-11-18)22(20,21)17-8-7-15-5-3-4-6-16(15)14-17/h3-8,14H,2,9-13H2,1H3. The number of benzene rings is 2. The van der Waals surface area contributed by atoms with Crippen LogP contribution in [0.1, 0.15) is 13.3 Å². The minimum Gasteiger partial charge on any atom is -0.301 e. The second-order valence-electron chi connectivity index (χ2n) is 5.75. The van der Waals surface area contributed by atoms with E-state index in [-0.39, 0.29) is 0 Å². The Kier molecular flexibility index (Phi) is 4.47. The third-order valence-corrected chi connectivity index (χ3v) is 6.12. The van der Waals surface area contributed by atoms with Crippen LogP contribution < -0.4 is 0 Å². The van der Waals surface area contributed by atoms with E-state index in [2.05, 4.69) is 11.8 Å². The van der Waals surface area contributed by atoms with Gasteiger partial charge in [0.25, 0.3) is 0 Å². The van der Waals surface area contributed by atoms with Gasteiger partial charge in [-0.3, -0.25) is 0 Å². The van der Waals surface area contributed by atoms with Crippen molar-refractivity contribution in [1.82, 2.24) is 9.21 Å².